The number of anilines is 1. The van der Waals surface area contributed by atoms with E-state index in [1.807, 2.05) is 0 Å². The Labute approximate surface area is 166 Å². The van der Waals surface area contributed by atoms with Gasteiger partial charge in [0.25, 0.3) is 5.91 Å². The van der Waals surface area contributed by atoms with E-state index in [9.17, 15) is 22.8 Å². The third-order valence-corrected chi connectivity index (χ3v) is 4.64. The van der Waals surface area contributed by atoms with E-state index < -0.39 is 6.36 Å². The van der Waals surface area contributed by atoms with Crippen molar-refractivity contribution in [1.82, 2.24) is 5.32 Å². The third kappa shape index (κ3) is 6.51. The number of carbonyl (C=O) groups excluding carboxylic acids is 2. The number of alkyl halides is 3. The van der Waals surface area contributed by atoms with Gasteiger partial charge in [0, 0.05) is 17.3 Å². The van der Waals surface area contributed by atoms with Gasteiger partial charge in [-0.3, -0.25) is 9.59 Å². The van der Waals surface area contributed by atoms with Gasteiger partial charge in [0.15, 0.2) is 0 Å². The molecule has 3 rings (SSSR count). The van der Waals surface area contributed by atoms with Crippen LogP contribution in [0.3, 0.4) is 0 Å². The zero-order valence-electron chi connectivity index (χ0n) is 15.6. The zero-order valence-corrected chi connectivity index (χ0v) is 15.6. The van der Waals surface area contributed by atoms with Gasteiger partial charge in [-0.2, -0.15) is 0 Å². The summed E-state index contributed by atoms with van der Waals surface area (Å²) in [6.07, 6.45) is -0.482. The number of hydrogen-bond acceptors (Lipinski definition) is 3. The average molecular weight is 406 g/mol. The predicted molar refractivity (Wildman–Crippen MR) is 102 cm³/mol. The molecule has 0 spiro atoms. The maximum absolute atomic E-state index is 12.2. The summed E-state index contributed by atoms with van der Waals surface area (Å²) >= 11 is 0. The van der Waals surface area contributed by atoms with Crippen LogP contribution in [0.5, 0.6) is 5.75 Å². The maximum Gasteiger partial charge on any atom is 0.573 e. The quantitative estimate of drug-likeness (QED) is 0.745. The third-order valence-electron chi connectivity index (χ3n) is 4.64. The molecule has 0 heterocycles. The van der Waals surface area contributed by atoms with Crippen molar-refractivity contribution in [2.24, 2.45) is 0 Å². The summed E-state index contributed by atoms with van der Waals surface area (Å²) in [4.78, 5) is 24.4. The van der Waals surface area contributed by atoms with Gasteiger partial charge in [0.2, 0.25) is 5.91 Å². The molecule has 5 nitrogen and oxygen atoms in total. The summed E-state index contributed by atoms with van der Waals surface area (Å²) in [6, 6.07) is 11.9. The van der Waals surface area contributed by atoms with Crippen molar-refractivity contribution >= 4 is 17.5 Å². The number of rotatable bonds is 6. The normalized spacial score (nSPS) is 14.4. The number of carbonyl (C=O) groups is 2. The molecular weight excluding hydrogens is 385 g/mol. The molecule has 0 saturated heterocycles. The molecule has 0 bridgehead atoms. The van der Waals surface area contributed by atoms with Crippen LogP contribution in [0.2, 0.25) is 0 Å². The molecule has 0 aromatic heterocycles. The van der Waals surface area contributed by atoms with Crippen molar-refractivity contribution in [3.05, 3.63) is 59.7 Å². The predicted octanol–water partition coefficient (Wildman–Crippen LogP) is 4.44. The Morgan fingerprint density at radius 1 is 0.966 bits per heavy atom. The highest BCUT2D eigenvalue weighted by molar-refractivity contribution is 5.96. The van der Waals surface area contributed by atoms with Crippen LogP contribution in [-0.2, 0) is 11.2 Å². The molecule has 0 radical (unpaired) electrons. The number of nitrogens with one attached hydrogen (secondary N) is 2. The van der Waals surface area contributed by atoms with E-state index in [4.69, 9.17) is 0 Å². The largest absolute Gasteiger partial charge is 0.573 e. The smallest absolute Gasteiger partial charge is 0.406 e. The molecule has 2 N–H and O–H groups in total. The summed E-state index contributed by atoms with van der Waals surface area (Å²) in [5, 5.41) is 5.70. The summed E-state index contributed by atoms with van der Waals surface area (Å²) in [5.41, 5.74) is 1.60. The molecule has 0 atom stereocenters. The molecule has 2 aromatic rings. The van der Waals surface area contributed by atoms with Crippen molar-refractivity contribution in [2.75, 3.05) is 5.32 Å². The van der Waals surface area contributed by atoms with Gasteiger partial charge >= 0.3 is 6.36 Å². The Balaban J connectivity index is 1.50. The van der Waals surface area contributed by atoms with Gasteiger partial charge in [-0.05, 0) is 54.8 Å². The topological polar surface area (TPSA) is 67.4 Å². The monoisotopic (exact) mass is 406 g/mol. The van der Waals surface area contributed by atoms with Crippen molar-refractivity contribution in [3.8, 4) is 5.75 Å². The van der Waals surface area contributed by atoms with Crippen LogP contribution in [0.4, 0.5) is 18.9 Å². The summed E-state index contributed by atoms with van der Waals surface area (Å²) in [5.74, 6) is -0.790. The molecule has 154 valence electrons. The van der Waals surface area contributed by atoms with E-state index >= 15 is 0 Å². The first-order chi connectivity index (χ1) is 13.8. The van der Waals surface area contributed by atoms with Crippen molar-refractivity contribution in [1.29, 1.82) is 0 Å². The second kappa shape index (κ2) is 8.98. The van der Waals surface area contributed by atoms with E-state index in [1.165, 1.54) is 12.1 Å². The van der Waals surface area contributed by atoms with Crippen LogP contribution in [0.1, 0.15) is 41.6 Å². The van der Waals surface area contributed by atoms with Crippen LogP contribution in [-0.4, -0.2) is 24.2 Å². The first-order valence-electron chi connectivity index (χ1n) is 9.34. The molecule has 8 heteroatoms. The van der Waals surface area contributed by atoms with Crippen LogP contribution in [0.25, 0.3) is 0 Å². The zero-order chi connectivity index (χ0) is 20.9. The van der Waals surface area contributed by atoms with E-state index in [1.54, 1.807) is 24.3 Å². The fraction of sp³-hybridized carbons (Fsp3) is 0.333. The molecular formula is C21H21F3N2O3. The SMILES string of the molecule is O=C(Cc1ccc(OC(F)(F)F)cc1)Nc1ccc(C(=O)NC2CCCC2)cc1. The van der Waals surface area contributed by atoms with Gasteiger partial charge in [0.1, 0.15) is 5.75 Å². The fourth-order valence-electron chi connectivity index (χ4n) is 3.24. The van der Waals surface area contributed by atoms with E-state index in [0.717, 1.165) is 37.8 Å². The molecule has 29 heavy (non-hydrogen) atoms. The lowest BCUT2D eigenvalue weighted by molar-refractivity contribution is -0.274. The van der Waals surface area contributed by atoms with Crippen molar-refractivity contribution < 1.29 is 27.5 Å². The summed E-state index contributed by atoms with van der Waals surface area (Å²) in [6.45, 7) is 0. The van der Waals surface area contributed by atoms with Crippen molar-refractivity contribution in [2.45, 2.75) is 44.5 Å². The highest BCUT2D eigenvalue weighted by atomic mass is 19.4. The minimum atomic E-state index is -4.75. The van der Waals surface area contributed by atoms with Gasteiger partial charge < -0.3 is 15.4 Å². The molecule has 1 saturated carbocycles. The summed E-state index contributed by atoms with van der Waals surface area (Å²) < 4.78 is 40.3. The standard InChI is InChI=1S/C21H21F3N2O3/c22-21(23,24)29-18-11-5-14(6-12-18)13-19(27)25-17-9-7-15(8-10-17)20(28)26-16-3-1-2-4-16/h5-12,16H,1-4,13H2,(H,25,27)(H,26,28). The molecule has 1 fully saturated rings. The average Bonchev–Trinajstić information content (AvgIpc) is 3.15. The van der Waals surface area contributed by atoms with Gasteiger partial charge in [-0.25, -0.2) is 0 Å². The minimum absolute atomic E-state index is 0.00375. The van der Waals surface area contributed by atoms with Crippen LogP contribution >= 0.6 is 0 Å². The Morgan fingerprint density at radius 3 is 2.17 bits per heavy atom. The number of halogens is 3. The molecule has 2 aromatic carbocycles. The van der Waals surface area contributed by atoms with E-state index in [0.29, 0.717) is 16.8 Å². The molecule has 1 aliphatic carbocycles. The van der Waals surface area contributed by atoms with Crippen molar-refractivity contribution in [3.63, 3.8) is 0 Å². The fourth-order valence-corrected chi connectivity index (χ4v) is 3.24. The molecule has 0 unspecified atom stereocenters. The van der Waals surface area contributed by atoms with Gasteiger partial charge in [-0.15, -0.1) is 13.2 Å². The first kappa shape index (κ1) is 20.7. The lowest BCUT2D eigenvalue weighted by Crippen LogP contribution is -2.32. The van der Waals surface area contributed by atoms with Crippen LogP contribution in [0, 0.1) is 0 Å². The molecule has 1 aliphatic rings. The maximum atomic E-state index is 12.2. The Hall–Kier alpha value is -3.03. The second-order valence-corrected chi connectivity index (χ2v) is 6.95. The van der Waals surface area contributed by atoms with E-state index in [-0.39, 0.29) is 30.0 Å². The molecule has 0 aliphatic heterocycles. The van der Waals surface area contributed by atoms with Crippen LogP contribution < -0.4 is 15.4 Å². The Bertz CT molecular complexity index is 843. The first-order valence-corrected chi connectivity index (χ1v) is 9.34. The number of amides is 2. The molecule has 2 amide bonds. The highest BCUT2D eigenvalue weighted by Crippen LogP contribution is 2.23. The second-order valence-electron chi connectivity index (χ2n) is 6.95. The Morgan fingerprint density at radius 2 is 1.59 bits per heavy atom. The highest BCUT2D eigenvalue weighted by Gasteiger charge is 2.31. The van der Waals surface area contributed by atoms with Crippen LogP contribution in [0.15, 0.2) is 48.5 Å². The van der Waals surface area contributed by atoms with Gasteiger partial charge in [-0.1, -0.05) is 25.0 Å². The number of hydrogen-bond donors (Lipinski definition) is 2. The Kier molecular flexibility index (Phi) is 6.41. The minimum Gasteiger partial charge on any atom is -0.406 e. The van der Waals surface area contributed by atoms with Gasteiger partial charge in [0.05, 0.1) is 6.42 Å². The van der Waals surface area contributed by atoms with E-state index in [2.05, 4.69) is 15.4 Å². The summed E-state index contributed by atoms with van der Waals surface area (Å²) in [7, 11) is 0. The number of benzene rings is 2. The lowest BCUT2D eigenvalue weighted by atomic mass is 10.1. The number of ether oxygens (including phenoxy) is 1. The lowest BCUT2D eigenvalue weighted by Gasteiger charge is -2.12.